The first-order chi connectivity index (χ1) is 9.24. The summed E-state index contributed by atoms with van der Waals surface area (Å²) in [5.74, 6) is 0.315. The van der Waals surface area contributed by atoms with Crippen LogP contribution in [0.3, 0.4) is 0 Å². The van der Waals surface area contributed by atoms with Gasteiger partial charge in [0.05, 0.1) is 17.4 Å². The van der Waals surface area contributed by atoms with Crippen LogP contribution in [-0.2, 0) is 0 Å². The third kappa shape index (κ3) is 4.38. The van der Waals surface area contributed by atoms with E-state index in [1.165, 1.54) is 12.1 Å². The lowest BCUT2D eigenvalue weighted by atomic mass is 9.87. The summed E-state index contributed by atoms with van der Waals surface area (Å²) in [7, 11) is 0. The lowest BCUT2D eigenvalue weighted by molar-refractivity contribution is -0.385. The molecule has 0 aliphatic heterocycles. The van der Waals surface area contributed by atoms with Gasteiger partial charge in [0.15, 0.2) is 5.75 Å². The maximum absolute atomic E-state index is 10.9. The second kappa shape index (κ2) is 6.56. The quantitative estimate of drug-likeness (QED) is 0.265. The van der Waals surface area contributed by atoms with Crippen LogP contribution >= 0.6 is 11.6 Å². The van der Waals surface area contributed by atoms with Crippen LogP contribution in [0.1, 0.15) is 26.7 Å². The Labute approximate surface area is 122 Å². The topological polar surface area (TPSA) is 102 Å². The number of nitrogens with zero attached hydrogens (tertiary/aromatic N) is 1. The number of rotatable bonds is 7. The van der Waals surface area contributed by atoms with E-state index in [0.29, 0.717) is 24.5 Å². The van der Waals surface area contributed by atoms with E-state index in [4.69, 9.17) is 27.5 Å². The predicted molar refractivity (Wildman–Crippen MR) is 78.5 cm³/mol. The number of nitro groups is 1. The molecule has 0 aliphatic carbocycles. The van der Waals surface area contributed by atoms with E-state index in [1.807, 2.05) is 13.8 Å². The molecule has 110 valence electrons. The van der Waals surface area contributed by atoms with Gasteiger partial charge < -0.3 is 10.5 Å². The van der Waals surface area contributed by atoms with Crippen LogP contribution in [0, 0.1) is 20.9 Å². The van der Waals surface area contributed by atoms with Crippen LogP contribution in [0.25, 0.3) is 0 Å². The van der Waals surface area contributed by atoms with Gasteiger partial charge in [0.2, 0.25) is 0 Å². The van der Waals surface area contributed by atoms with E-state index in [-0.39, 0.29) is 17.3 Å². The van der Waals surface area contributed by atoms with E-state index in [0.717, 1.165) is 0 Å². The molecule has 1 aromatic carbocycles. The first-order valence-corrected chi connectivity index (χ1v) is 6.53. The first kappa shape index (κ1) is 16.2. The molecule has 1 aromatic rings. The molecule has 0 spiro atoms. The summed E-state index contributed by atoms with van der Waals surface area (Å²) in [6.07, 6.45) is 1.32. The molecule has 0 fully saturated rings. The molecule has 0 saturated carbocycles. The molecule has 3 N–H and O–H groups in total. The van der Waals surface area contributed by atoms with Gasteiger partial charge in [0.1, 0.15) is 0 Å². The van der Waals surface area contributed by atoms with E-state index in [1.54, 1.807) is 6.07 Å². The highest BCUT2D eigenvalue weighted by atomic mass is 35.5. The lowest BCUT2D eigenvalue weighted by Gasteiger charge is -2.22. The molecule has 7 heteroatoms. The van der Waals surface area contributed by atoms with Gasteiger partial charge in [0.25, 0.3) is 0 Å². The van der Waals surface area contributed by atoms with E-state index in [9.17, 15) is 10.1 Å². The van der Waals surface area contributed by atoms with Crippen molar-refractivity contribution >= 4 is 23.1 Å². The molecular formula is C13H18ClN3O3. The third-order valence-electron chi connectivity index (χ3n) is 3.05. The number of nitro benzene ring substituents is 1. The van der Waals surface area contributed by atoms with Gasteiger partial charge in [-0.05, 0) is 25.0 Å². The number of hydrogen-bond donors (Lipinski definition) is 2. The summed E-state index contributed by atoms with van der Waals surface area (Å²) in [5.41, 5.74) is 4.94. The first-order valence-electron chi connectivity index (χ1n) is 6.15. The van der Waals surface area contributed by atoms with E-state index in [2.05, 4.69) is 0 Å². The number of hydrogen-bond acceptors (Lipinski definition) is 4. The highest BCUT2D eigenvalue weighted by Crippen LogP contribution is 2.30. The molecule has 0 bridgehead atoms. The normalized spacial score (nSPS) is 11.2. The number of amidine groups is 1. The fourth-order valence-electron chi connectivity index (χ4n) is 1.59. The Hall–Kier alpha value is -1.82. The summed E-state index contributed by atoms with van der Waals surface area (Å²) < 4.78 is 5.42. The largest absolute Gasteiger partial charge is 0.487 e. The Kier molecular flexibility index (Phi) is 5.33. The molecule has 0 saturated heterocycles. The van der Waals surface area contributed by atoms with Gasteiger partial charge in [-0.3, -0.25) is 15.5 Å². The molecule has 1 rings (SSSR count). The van der Waals surface area contributed by atoms with Gasteiger partial charge >= 0.3 is 5.69 Å². The minimum Gasteiger partial charge on any atom is -0.487 e. The Morgan fingerprint density at radius 3 is 2.75 bits per heavy atom. The average molecular weight is 300 g/mol. The summed E-state index contributed by atoms with van der Waals surface area (Å²) in [6, 6.07) is 4.29. The van der Waals surface area contributed by atoms with Crippen molar-refractivity contribution in [2.75, 3.05) is 6.61 Å². The zero-order valence-corrected chi connectivity index (χ0v) is 12.2. The molecular weight excluding hydrogens is 282 g/mol. The van der Waals surface area contributed by atoms with Gasteiger partial charge in [0, 0.05) is 16.5 Å². The Bertz CT molecular complexity index is 518. The molecule has 0 atom stereocenters. The number of ether oxygens (including phenoxy) is 1. The van der Waals surface area contributed by atoms with E-state index < -0.39 is 10.3 Å². The van der Waals surface area contributed by atoms with Crippen LogP contribution in [0.2, 0.25) is 5.02 Å². The maximum Gasteiger partial charge on any atom is 0.312 e. The van der Waals surface area contributed by atoms with Crippen molar-refractivity contribution in [3.8, 4) is 5.75 Å². The highest BCUT2D eigenvalue weighted by Gasteiger charge is 2.21. The van der Waals surface area contributed by atoms with Crippen LogP contribution in [0.4, 0.5) is 5.69 Å². The summed E-state index contributed by atoms with van der Waals surface area (Å²) in [6.45, 7) is 4.07. The predicted octanol–water partition coefficient (Wildman–Crippen LogP) is 3.37. The number of nitrogens with two attached hydrogens (primary N) is 1. The fourth-order valence-corrected chi connectivity index (χ4v) is 1.75. The second-order valence-corrected chi connectivity index (χ2v) is 5.56. The fraction of sp³-hybridized carbons (Fsp3) is 0.462. The van der Waals surface area contributed by atoms with Gasteiger partial charge in [-0.15, -0.1) is 0 Å². The van der Waals surface area contributed by atoms with Crippen LogP contribution < -0.4 is 10.5 Å². The number of nitrogens with one attached hydrogen (secondary N) is 1. The Morgan fingerprint density at radius 1 is 1.55 bits per heavy atom. The van der Waals surface area contributed by atoms with Gasteiger partial charge in [-0.1, -0.05) is 25.4 Å². The summed E-state index contributed by atoms with van der Waals surface area (Å²) in [5, 5.41) is 18.6. The van der Waals surface area contributed by atoms with Crippen molar-refractivity contribution in [3.05, 3.63) is 33.3 Å². The molecule has 0 heterocycles. The third-order valence-corrected chi connectivity index (χ3v) is 3.29. The average Bonchev–Trinajstić information content (AvgIpc) is 2.35. The number of benzene rings is 1. The Balaban J connectivity index is 2.59. The molecule has 0 unspecified atom stereocenters. The van der Waals surface area contributed by atoms with Crippen molar-refractivity contribution in [1.29, 1.82) is 5.41 Å². The molecule has 6 nitrogen and oxygen atoms in total. The minimum atomic E-state index is -0.527. The van der Waals surface area contributed by atoms with Gasteiger partial charge in [-0.2, -0.15) is 0 Å². The highest BCUT2D eigenvalue weighted by molar-refractivity contribution is 6.30. The molecule has 0 amide bonds. The molecule has 0 aromatic heterocycles. The second-order valence-electron chi connectivity index (χ2n) is 5.12. The van der Waals surface area contributed by atoms with E-state index >= 15 is 0 Å². The van der Waals surface area contributed by atoms with Gasteiger partial charge in [-0.25, -0.2) is 0 Å². The summed E-state index contributed by atoms with van der Waals surface area (Å²) >= 11 is 5.72. The van der Waals surface area contributed by atoms with Crippen molar-refractivity contribution in [2.24, 2.45) is 11.1 Å². The van der Waals surface area contributed by atoms with Crippen LogP contribution in [0.15, 0.2) is 18.2 Å². The SMILES string of the molecule is CC(C)(CCCOc1ccc(Cl)cc1[N+](=O)[O-])C(=N)N. The molecule has 20 heavy (non-hydrogen) atoms. The minimum absolute atomic E-state index is 0.120. The number of halogens is 1. The zero-order chi connectivity index (χ0) is 15.3. The molecule has 0 radical (unpaired) electrons. The smallest absolute Gasteiger partial charge is 0.312 e. The standard InChI is InChI=1S/C13H18ClN3O3/c1-13(2,12(15)16)6-3-7-20-11-5-4-9(14)8-10(11)17(18)19/h4-5,8H,3,6-7H2,1-2H3,(H3,15,16). The van der Waals surface area contributed by atoms with Crippen LogP contribution in [-0.4, -0.2) is 17.4 Å². The van der Waals surface area contributed by atoms with Crippen molar-refractivity contribution in [2.45, 2.75) is 26.7 Å². The maximum atomic E-state index is 10.9. The van der Waals surface area contributed by atoms with Crippen molar-refractivity contribution in [3.63, 3.8) is 0 Å². The van der Waals surface area contributed by atoms with Crippen molar-refractivity contribution < 1.29 is 9.66 Å². The summed E-state index contributed by atoms with van der Waals surface area (Å²) in [4.78, 5) is 10.4. The Morgan fingerprint density at radius 2 is 2.20 bits per heavy atom. The monoisotopic (exact) mass is 299 g/mol. The van der Waals surface area contributed by atoms with Crippen molar-refractivity contribution in [1.82, 2.24) is 0 Å². The zero-order valence-electron chi connectivity index (χ0n) is 11.5. The molecule has 0 aliphatic rings. The lowest BCUT2D eigenvalue weighted by Crippen LogP contribution is -2.31. The van der Waals surface area contributed by atoms with Crippen LogP contribution in [0.5, 0.6) is 5.75 Å².